The quantitative estimate of drug-likeness (QED) is 0.729. The summed E-state index contributed by atoms with van der Waals surface area (Å²) in [4.78, 5) is 9.93. The number of ether oxygens (including phenoxy) is 1. The van der Waals surface area contributed by atoms with Crippen LogP contribution in [-0.4, -0.2) is 26.7 Å². The van der Waals surface area contributed by atoms with Crippen LogP contribution in [0.4, 0.5) is 5.95 Å². The molecule has 0 spiro atoms. The van der Waals surface area contributed by atoms with E-state index in [1.54, 1.807) is 17.5 Å². The van der Waals surface area contributed by atoms with E-state index in [9.17, 15) is 0 Å². The second-order valence-corrected chi connectivity index (χ2v) is 5.31. The number of H-pyrrole nitrogens is 1. The summed E-state index contributed by atoms with van der Waals surface area (Å²) in [6, 6.07) is 4.04. The Kier molecular flexibility index (Phi) is 3.78. The molecule has 3 rings (SSSR count). The Balaban J connectivity index is 1.85. The maximum Gasteiger partial charge on any atom is 0.229 e. The zero-order chi connectivity index (χ0) is 13.8. The van der Waals surface area contributed by atoms with E-state index in [-0.39, 0.29) is 0 Å². The number of hydrogen-bond donors (Lipinski definition) is 2. The fourth-order valence-electron chi connectivity index (χ4n) is 1.77. The van der Waals surface area contributed by atoms with Crippen LogP contribution >= 0.6 is 11.3 Å². The van der Waals surface area contributed by atoms with E-state index in [0.29, 0.717) is 24.1 Å². The van der Waals surface area contributed by atoms with Gasteiger partial charge in [0.1, 0.15) is 12.0 Å². The van der Waals surface area contributed by atoms with Crippen molar-refractivity contribution in [1.82, 2.24) is 20.2 Å². The molecule has 0 bridgehead atoms. The first-order chi connectivity index (χ1) is 9.86. The molecule has 20 heavy (non-hydrogen) atoms. The molecule has 7 heteroatoms. The number of nitrogens with zero attached hydrogens (tertiary/aromatic N) is 3. The Bertz CT molecular complexity index is 679. The Morgan fingerprint density at radius 3 is 3.15 bits per heavy atom. The Morgan fingerprint density at radius 1 is 1.40 bits per heavy atom. The van der Waals surface area contributed by atoms with Crippen molar-refractivity contribution in [1.29, 1.82) is 0 Å². The van der Waals surface area contributed by atoms with Gasteiger partial charge in [-0.1, -0.05) is 13.0 Å². The van der Waals surface area contributed by atoms with Crippen molar-refractivity contribution in [3.63, 3.8) is 0 Å². The first-order valence-electron chi connectivity index (χ1n) is 6.47. The minimum Gasteiger partial charge on any atom is -0.471 e. The van der Waals surface area contributed by atoms with Gasteiger partial charge in [-0.15, -0.1) is 11.3 Å². The van der Waals surface area contributed by atoms with Crippen LogP contribution in [0.25, 0.3) is 11.0 Å². The zero-order valence-corrected chi connectivity index (χ0v) is 11.9. The summed E-state index contributed by atoms with van der Waals surface area (Å²) < 4.78 is 5.80. The third-order valence-electron chi connectivity index (χ3n) is 2.74. The molecule has 3 aromatic heterocycles. The molecular formula is C13H15N5OS. The number of fused-ring (bicyclic) bond motifs is 1. The van der Waals surface area contributed by atoms with Gasteiger partial charge in [0.2, 0.25) is 11.8 Å². The Morgan fingerprint density at radius 2 is 2.35 bits per heavy atom. The van der Waals surface area contributed by atoms with Crippen LogP contribution in [0.15, 0.2) is 23.7 Å². The summed E-state index contributed by atoms with van der Waals surface area (Å²) in [7, 11) is 0. The van der Waals surface area contributed by atoms with Crippen LogP contribution in [0.3, 0.4) is 0 Å². The van der Waals surface area contributed by atoms with Crippen molar-refractivity contribution in [2.45, 2.75) is 20.0 Å². The second-order valence-electron chi connectivity index (χ2n) is 4.28. The molecule has 104 valence electrons. The molecule has 0 saturated heterocycles. The number of nitrogens with one attached hydrogen (secondary N) is 2. The minimum absolute atomic E-state index is 0.502. The van der Waals surface area contributed by atoms with Gasteiger partial charge in [0.15, 0.2) is 5.65 Å². The SMILES string of the molecule is CCCNc1nc(OCc2cccs2)c2cn[nH]c2n1. The molecule has 0 saturated carbocycles. The van der Waals surface area contributed by atoms with Crippen LogP contribution in [0, 0.1) is 0 Å². The molecule has 2 N–H and O–H groups in total. The maximum absolute atomic E-state index is 5.80. The molecule has 6 nitrogen and oxygen atoms in total. The van der Waals surface area contributed by atoms with E-state index in [1.807, 2.05) is 17.5 Å². The van der Waals surface area contributed by atoms with Crippen molar-refractivity contribution in [2.24, 2.45) is 0 Å². The van der Waals surface area contributed by atoms with Gasteiger partial charge in [-0.05, 0) is 17.9 Å². The maximum atomic E-state index is 5.80. The fraction of sp³-hybridized carbons (Fsp3) is 0.308. The topological polar surface area (TPSA) is 75.7 Å². The predicted molar refractivity (Wildman–Crippen MR) is 79.1 cm³/mol. The highest BCUT2D eigenvalue weighted by Gasteiger charge is 2.10. The van der Waals surface area contributed by atoms with Gasteiger partial charge in [-0.3, -0.25) is 5.10 Å². The molecule has 0 unspecified atom stereocenters. The van der Waals surface area contributed by atoms with E-state index in [4.69, 9.17) is 4.74 Å². The number of aromatic nitrogens is 4. The lowest BCUT2D eigenvalue weighted by atomic mass is 10.4. The van der Waals surface area contributed by atoms with Gasteiger partial charge in [0, 0.05) is 11.4 Å². The number of rotatable bonds is 6. The highest BCUT2D eigenvalue weighted by Crippen LogP contribution is 2.23. The monoisotopic (exact) mass is 289 g/mol. The lowest BCUT2D eigenvalue weighted by Gasteiger charge is -2.08. The average molecular weight is 289 g/mol. The molecule has 3 aromatic rings. The van der Waals surface area contributed by atoms with Crippen LogP contribution in [0.5, 0.6) is 5.88 Å². The van der Waals surface area contributed by atoms with E-state index >= 15 is 0 Å². The Hall–Kier alpha value is -2.15. The number of anilines is 1. The smallest absolute Gasteiger partial charge is 0.229 e. The van der Waals surface area contributed by atoms with Gasteiger partial charge in [0.05, 0.1) is 6.20 Å². The van der Waals surface area contributed by atoms with Crippen molar-refractivity contribution in [3.05, 3.63) is 28.6 Å². The van der Waals surface area contributed by atoms with Crippen LogP contribution in [0.2, 0.25) is 0 Å². The summed E-state index contributed by atoms with van der Waals surface area (Å²) >= 11 is 1.66. The summed E-state index contributed by atoms with van der Waals surface area (Å²) in [5, 5.41) is 12.8. The van der Waals surface area contributed by atoms with E-state index in [1.165, 1.54) is 0 Å². The summed E-state index contributed by atoms with van der Waals surface area (Å²) in [6.45, 7) is 3.42. The van der Waals surface area contributed by atoms with Crippen molar-refractivity contribution in [3.8, 4) is 5.88 Å². The third-order valence-corrected chi connectivity index (χ3v) is 3.59. The van der Waals surface area contributed by atoms with E-state index in [0.717, 1.165) is 23.2 Å². The minimum atomic E-state index is 0.502. The number of hydrogen-bond acceptors (Lipinski definition) is 6. The van der Waals surface area contributed by atoms with Crippen molar-refractivity contribution in [2.75, 3.05) is 11.9 Å². The fourth-order valence-corrected chi connectivity index (χ4v) is 2.38. The molecule has 0 aliphatic heterocycles. The molecule has 0 aliphatic rings. The highest BCUT2D eigenvalue weighted by atomic mass is 32.1. The normalized spacial score (nSPS) is 10.8. The number of aromatic amines is 1. The second kappa shape index (κ2) is 5.87. The zero-order valence-electron chi connectivity index (χ0n) is 11.1. The van der Waals surface area contributed by atoms with Crippen LogP contribution < -0.4 is 10.1 Å². The summed E-state index contributed by atoms with van der Waals surface area (Å²) in [5.41, 5.74) is 0.680. The van der Waals surface area contributed by atoms with Gasteiger partial charge >= 0.3 is 0 Å². The molecular weight excluding hydrogens is 274 g/mol. The Labute approximate surface area is 120 Å². The third kappa shape index (κ3) is 2.72. The standard InChI is InChI=1S/C13H15N5OS/c1-2-5-14-13-16-11-10(7-15-18-11)12(17-13)19-8-9-4-3-6-20-9/h3-4,6-7H,2,5,8H2,1H3,(H2,14,15,16,17,18). The van der Waals surface area contributed by atoms with Gasteiger partial charge in [0.25, 0.3) is 0 Å². The molecule has 0 aliphatic carbocycles. The van der Waals surface area contributed by atoms with Crippen molar-refractivity contribution >= 4 is 28.3 Å². The average Bonchev–Trinajstić information content (AvgIpc) is 3.13. The first kappa shape index (κ1) is 12.9. The van der Waals surface area contributed by atoms with Crippen molar-refractivity contribution < 1.29 is 4.74 Å². The van der Waals surface area contributed by atoms with E-state index in [2.05, 4.69) is 32.4 Å². The van der Waals surface area contributed by atoms with Crippen LogP contribution in [-0.2, 0) is 6.61 Å². The highest BCUT2D eigenvalue weighted by molar-refractivity contribution is 7.09. The molecule has 0 atom stereocenters. The number of thiophene rings is 1. The summed E-state index contributed by atoms with van der Waals surface area (Å²) in [6.07, 6.45) is 2.69. The van der Waals surface area contributed by atoms with Crippen LogP contribution in [0.1, 0.15) is 18.2 Å². The van der Waals surface area contributed by atoms with E-state index < -0.39 is 0 Å². The van der Waals surface area contributed by atoms with Gasteiger partial charge < -0.3 is 10.1 Å². The lowest BCUT2D eigenvalue weighted by Crippen LogP contribution is -2.06. The van der Waals surface area contributed by atoms with Gasteiger partial charge in [-0.25, -0.2) is 0 Å². The molecule has 3 heterocycles. The molecule has 0 aromatic carbocycles. The summed E-state index contributed by atoms with van der Waals surface area (Å²) in [5.74, 6) is 1.11. The molecule has 0 radical (unpaired) electrons. The largest absolute Gasteiger partial charge is 0.471 e. The molecule has 0 amide bonds. The first-order valence-corrected chi connectivity index (χ1v) is 7.35. The van der Waals surface area contributed by atoms with Gasteiger partial charge in [-0.2, -0.15) is 15.1 Å². The molecule has 0 fully saturated rings. The lowest BCUT2D eigenvalue weighted by molar-refractivity contribution is 0.301. The predicted octanol–water partition coefficient (Wildman–Crippen LogP) is 2.82.